The number of hydrogen-bond acceptors (Lipinski definition) is 1. The second-order valence-corrected chi connectivity index (χ2v) is 7.26. The highest BCUT2D eigenvalue weighted by Crippen LogP contribution is 2.28. The fourth-order valence-corrected chi connectivity index (χ4v) is 2.13. The maximum atomic E-state index is 12.5. The minimum atomic E-state index is -0.371. The minimum Gasteiger partial charge on any atom is -0.287 e. The highest BCUT2D eigenvalue weighted by molar-refractivity contribution is 5.95. The van der Waals surface area contributed by atoms with E-state index in [0.29, 0.717) is 0 Å². The van der Waals surface area contributed by atoms with Crippen LogP contribution in [0.5, 0.6) is 0 Å². The fraction of sp³-hybridized carbons (Fsp3) is 0.471. The molecule has 0 fully saturated rings. The van der Waals surface area contributed by atoms with Gasteiger partial charge in [-0.25, -0.2) is 0 Å². The summed E-state index contributed by atoms with van der Waals surface area (Å²) >= 11 is 0. The van der Waals surface area contributed by atoms with Crippen molar-refractivity contribution in [1.29, 1.82) is 0 Å². The molecule has 19 heavy (non-hydrogen) atoms. The summed E-state index contributed by atoms with van der Waals surface area (Å²) in [7, 11) is 0. The molecule has 2 heteroatoms. The molecule has 0 atom stereocenters. The van der Waals surface area contributed by atoms with Crippen molar-refractivity contribution in [2.24, 2.45) is 5.41 Å². The third-order valence-corrected chi connectivity index (χ3v) is 3.42. The second-order valence-electron chi connectivity index (χ2n) is 7.26. The van der Waals surface area contributed by atoms with Crippen LogP contribution in [0.4, 0.5) is 0 Å². The average molecular weight is 257 g/mol. The quantitative estimate of drug-likeness (QED) is 0.674. The predicted molar refractivity (Wildman–Crippen MR) is 80.7 cm³/mol. The number of rotatable bonds is 0. The Morgan fingerprint density at radius 1 is 1.00 bits per heavy atom. The highest BCUT2D eigenvalue weighted by atomic mass is 16.2. The number of carbonyl (C=O) groups is 1. The van der Waals surface area contributed by atoms with E-state index in [9.17, 15) is 4.79 Å². The number of benzene rings is 1. The van der Waals surface area contributed by atoms with Crippen molar-refractivity contribution in [2.75, 3.05) is 0 Å². The van der Waals surface area contributed by atoms with E-state index in [4.69, 9.17) is 0 Å². The molecule has 0 N–H and O–H groups in total. The Morgan fingerprint density at radius 2 is 1.63 bits per heavy atom. The van der Waals surface area contributed by atoms with Gasteiger partial charge in [-0.2, -0.15) is 0 Å². The van der Waals surface area contributed by atoms with Crippen molar-refractivity contribution in [3.8, 4) is 0 Å². The van der Waals surface area contributed by atoms with Gasteiger partial charge in [-0.3, -0.25) is 9.36 Å². The van der Waals surface area contributed by atoms with Crippen molar-refractivity contribution in [3.63, 3.8) is 0 Å². The number of hydrogen-bond donors (Lipinski definition) is 0. The zero-order valence-corrected chi connectivity index (χ0v) is 12.7. The third kappa shape index (κ3) is 2.58. The molecule has 0 unspecified atom stereocenters. The molecule has 0 aliphatic rings. The third-order valence-electron chi connectivity index (χ3n) is 3.42. The van der Waals surface area contributed by atoms with Crippen molar-refractivity contribution >= 4 is 16.8 Å². The summed E-state index contributed by atoms with van der Waals surface area (Å²) in [6, 6.07) is 8.39. The van der Waals surface area contributed by atoms with Gasteiger partial charge in [-0.1, -0.05) is 53.7 Å². The van der Waals surface area contributed by atoms with E-state index in [-0.39, 0.29) is 16.7 Å². The van der Waals surface area contributed by atoms with Crippen LogP contribution in [-0.4, -0.2) is 10.5 Å². The number of nitrogens with zero attached hydrogens (tertiary/aromatic N) is 1. The maximum absolute atomic E-state index is 12.5. The Hall–Kier alpha value is -1.57. The van der Waals surface area contributed by atoms with E-state index in [0.717, 1.165) is 10.9 Å². The van der Waals surface area contributed by atoms with Crippen LogP contribution >= 0.6 is 0 Å². The minimum absolute atomic E-state index is 0.0913. The summed E-state index contributed by atoms with van der Waals surface area (Å²) < 4.78 is 1.78. The molecule has 1 heterocycles. The molecular formula is C17H23NO. The van der Waals surface area contributed by atoms with E-state index in [1.54, 1.807) is 4.57 Å². The molecule has 1 aromatic heterocycles. The van der Waals surface area contributed by atoms with E-state index >= 15 is 0 Å². The lowest BCUT2D eigenvalue weighted by Gasteiger charge is -2.21. The maximum Gasteiger partial charge on any atom is 0.236 e. The molecule has 0 amide bonds. The number of fused-ring (bicyclic) bond motifs is 1. The van der Waals surface area contributed by atoms with Crippen LogP contribution in [0.2, 0.25) is 0 Å². The molecule has 2 aromatic rings. The average Bonchev–Trinajstić information content (AvgIpc) is 2.67. The van der Waals surface area contributed by atoms with Crippen LogP contribution in [0, 0.1) is 5.41 Å². The monoisotopic (exact) mass is 257 g/mol. The molecule has 2 nitrogen and oxygen atoms in total. The van der Waals surface area contributed by atoms with Gasteiger partial charge in [0.1, 0.15) is 0 Å². The van der Waals surface area contributed by atoms with Crippen molar-refractivity contribution in [2.45, 2.75) is 47.0 Å². The lowest BCUT2D eigenvalue weighted by molar-refractivity contribution is 0.0772. The Balaban J connectivity index is 2.62. The van der Waals surface area contributed by atoms with Gasteiger partial charge >= 0.3 is 0 Å². The molecule has 0 aliphatic carbocycles. The summed E-state index contributed by atoms with van der Waals surface area (Å²) in [4.78, 5) is 12.5. The number of aromatic nitrogens is 1. The van der Waals surface area contributed by atoms with Gasteiger partial charge in [-0.05, 0) is 23.1 Å². The largest absolute Gasteiger partial charge is 0.287 e. The molecule has 0 bridgehead atoms. The molecule has 0 spiro atoms. The molecule has 0 radical (unpaired) electrons. The smallest absolute Gasteiger partial charge is 0.236 e. The van der Waals surface area contributed by atoms with E-state index in [1.165, 1.54) is 5.56 Å². The fourth-order valence-electron chi connectivity index (χ4n) is 2.13. The van der Waals surface area contributed by atoms with Gasteiger partial charge in [-0.15, -0.1) is 0 Å². The van der Waals surface area contributed by atoms with Crippen molar-refractivity contribution < 1.29 is 4.79 Å². The zero-order chi connectivity index (χ0) is 14.4. The Bertz CT molecular complexity index is 621. The van der Waals surface area contributed by atoms with Crippen LogP contribution in [0.3, 0.4) is 0 Å². The first kappa shape index (κ1) is 13.9. The standard InChI is InChI=1S/C17H23NO/c1-16(2,3)13-8-7-12-9-10-18(14(12)11-13)15(19)17(4,5)6/h7-11H,1-6H3. The summed E-state index contributed by atoms with van der Waals surface area (Å²) in [6.45, 7) is 12.4. The molecule has 102 valence electrons. The lowest BCUT2D eigenvalue weighted by Crippen LogP contribution is -2.26. The number of carbonyl (C=O) groups excluding carboxylic acids is 1. The first-order valence-corrected chi connectivity index (χ1v) is 6.77. The Kier molecular flexibility index (Phi) is 3.08. The summed E-state index contributed by atoms with van der Waals surface area (Å²) in [5.41, 5.74) is 1.98. The summed E-state index contributed by atoms with van der Waals surface area (Å²) in [5, 5.41) is 1.12. The van der Waals surface area contributed by atoms with Gasteiger partial charge in [0, 0.05) is 17.0 Å². The van der Waals surface area contributed by atoms with E-state index in [1.807, 2.05) is 33.0 Å². The Labute approximate surface area is 115 Å². The molecule has 0 saturated heterocycles. The Morgan fingerprint density at radius 3 is 2.16 bits per heavy atom. The molecule has 0 aliphatic heterocycles. The van der Waals surface area contributed by atoms with Crippen LogP contribution in [-0.2, 0) is 5.41 Å². The molecule has 2 rings (SSSR count). The molecular weight excluding hydrogens is 234 g/mol. The topological polar surface area (TPSA) is 22.0 Å². The van der Waals surface area contributed by atoms with Crippen LogP contribution < -0.4 is 0 Å². The second kappa shape index (κ2) is 4.22. The normalized spacial score (nSPS) is 12.9. The molecule has 0 saturated carbocycles. The first-order valence-electron chi connectivity index (χ1n) is 6.77. The van der Waals surface area contributed by atoms with Gasteiger partial charge in [0.15, 0.2) is 0 Å². The lowest BCUT2D eigenvalue weighted by atomic mass is 9.86. The predicted octanol–water partition coefficient (Wildman–Crippen LogP) is 4.63. The summed E-state index contributed by atoms with van der Waals surface area (Å²) in [5.74, 6) is 0.133. The SMILES string of the molecule is CC(C)(C)C(=O)n1ccc2ccc(C(C)(C)C)cc21. The molecule has 1 aromatic carbocycles. The van der Waals surface area contributed by atoms with Crippen molar-refractivity contribution in [3.05, 3.63) is 36.0 Å². The van der Waals surface area contributed by atoms with Gasteiger partial charge in [0.05, 0.1) is 5.52 Å². The summed E-state index contributed by atoms with van der Waals surface area (Å²) in [6.07, 6.45) is 1.88. The zero-order valence-electron chi connectivity index (χ0n) is 12.7. The van der Waals surface area contributed by atoms with Crippen LogP contribution in [0.25, 0.3) is 10.9 Å². The van der Waals surface area contributed by atoms with E-state index in [2.05, 4.69) is 39.0 Å². The van der Waals surface area contributed by atoms with E-state index < -0.39 is 0 Å². The van der Waals surface area contributed by atoms with Gasteiger partial charge < -0.3 is 0 Å². The highest BCUT2D eigenvalue weighted by Gasteiger charge is 2.24. The van der Waals surface area contributed by atoms with Crippen LogP contribution in [0.15, 0.2) is 30.5 Å². The first-order chi connectivity index (χ1) is 8.60. The van der Waals surface area contributed by atoms with Crippen molar-refractivity contribution in [1.82, 2.24) is 4.57 Å². The van der Waals surface area contributed by atoms with Gasteiger partial charge in [0.2, 0.25) is 5.91 Å². The van der Waals surface area contributed by atoms with Crippen LogP contribution in [0.1, 0.15) is 51.9 Å². The van der Waals surface area contributed by atoms with Gasteiger partial charge in [0.25, 0.3) is 0 Å².